The van der Waals surface area contributed by atoms with Crippen LogP contribution < -0.4 is 51.1 Å². The zero-order valence-electron chi connectivity index (χ0n) is 73.5. The van der Waals surface area contributed by atoms with Crippen molar-refractivity contribution in [3.63, 3.8) is 0 Å². The normalized spacial score (nSPS) is 9.35. The van der Waals surface area contributed by atoms with E-state index in [4.69, 9.17) is 0 Å². The van der Waals surface area contributed by atoms with Crippen molar-refractivity contribution in [1.82, 2.24) is 19.9 Å². The molecule has 0 N–H and O–H groups in total. The fourth-order valence-electron chi connectivity index (χ4n) is 10.3. The number of aryl methyl sites for hydroxylation is 10. The number of fused-ring (bicyclic) bond motifs is 6. The van der Waals surface area contributed by atoms with E-state index < -0.39 is 59.7 Å². The average molecular weight is 2240 g/mol. The minimum Gasteiger partial charge on any atom is -0.545 e. The molecule has 0 aliphatic carbocycles. The molecule has 0 atom stereocenters. The van der Waals surface area contributed by atoms with Crippen LogP contribution in [0.25, 0.3) is 43.6 Å². The van der Waals surface area contributed by atoms with E-state index >= 15 is 0 Å². The van der Waals surface area contributed by atoms with Crippen molar-refractivity contribution in [2.75, 3.05) is 0 Å². The van der Waals surface area contributed by atoms with Crippen LogP contribution in [0.1, 0.15) is 159 Å². The van der Waals surface area contributed by atoms with E-state index in [2.05, 4.69) is 68.5 Å². The summed E-state index contributed by atoms with van der Waals surface area (Å²) in [5.74, 6) is -11.2. The third-order valence-corrected chi connectivity index (χ3v) is 17.6. The van der Waals surface area contributed by atoms with Crippen LogP contribution in [0.2, 0.25) is 0 Å². The van der Waals surface area contributed by atoms with Gasteiger partial charge >= 0.3 is 135 Å². The van der Waals surface area contributed by atoms with Gasteiger partial charge in [-0.25, -0.2) is 0 Å². The number of hydrogen-bond acceptors (Lipinski definition) is 24. The van der Waals surface area contributed by atoms with Gasteiger partial charge in [-0.1, -0.05) is 347 Å². The molecule has 4 aromatic heterocycles. The van der Waals surface area contributed by atoms with Crippen molar-refractivity contribution in [2.45, 2.75) is 69.2 Å². The molecule has 16 rings (SSSR count). The van der Waals surface area contributed by atoms with E-state index in [-0.39, 0.29) is 191 Å². The zero-order chi connectivity index (χ0) is 94.4. The fourth-order valence-corrected chi connectivity index (χ4v) is 10.3. The van der Waals surface area contributed by atoms with E-state index in [1.807, 2.05) is 93.5 Å². The summed E-state index contributed by atoms with van der Waals surface area (Å²) < 4.78 is 0. The van der Waals surface area contributed by atoms with Crippen LogP contribution >= 0.6 is 0 Å². The number of pyridine rings is 4. The third kappa shape index (κ3) is 44.4. The molecule has 12 aromatic carbocycles. The van der Waals surface area contributed by atoms with Gasteiger partial charge in [0.25, 0.3) is 0 Å². The number of aromatic nitrogens is 4. The number of rotatable bonds is 10. The van der Waals surface area contributed by atoms with Crippen LogP contribution in [0.3, 0.4) is 0 Å². The van der Waals surface area contributed by atoms with Crippen molar-refractivity contribution in [3.05, 3.63) is 452 Å². The topological polar surface area (TPSA) is 453 Å². The minimum absolute atomic E-state index is 0. The maximum atomic E-state index is 10.2. The molecular weight excluding hydrogens is 2150 g/mol. The van der Waals surface area contributed by atoms with E-state index in [0.29, 0.717) is 0 Å². The van der Waals surface area contributed by atoms with E-state index in [9.17, 15) is 99.0 Å². The summed E-state index contributed by atoms with van der Waals surface area (Å²) in [7, 11) is 0. The summed E-state index contributed by atoms with van der Waals surface area (Å²) in [5.41, 5.74) is 16.6. The molecule has 0 saturated heterocycles. The second kappa shape index (κ2) is 62.7. The van der Waals surface area contributed by atoms with Crippen molar-refractivity contribution in [1.29, 1.82) is 0 Å². The second-order valence-corrected chi connectivity index (χ2v) is 28.0. The first kappa shape index (κ1) is 118. The molecule has 2 radical (unpaired) electrons. The Labute approximate surface area is 868 Å². The molecule has 0 bridgehead atoms. The Hall–Kier alpha value is -12.5. The van der Waals surface area contributed by atoms with Crippen LogP contribution in [0.15, 0.2) is 340 Å². The van der Waals surface area contributed by atoms with E-state index in [1.165, 1.54) is 121 Å². The van der Waals surface area contributed by atoms with Crippen LogP contribution in [0, 0.1) is 150 Å². The molecule has 16 aromatic rings. The SMILES string of the molecule is Cc1ccc(C(=O)[O-])cc1.Cc1ccc(C(=O)[O-])cc1.Cc1ccc(C(=O)[O-])cc1.Cc1ccc(C(=O)[O-])cc1.Cc1ccc(C(=O)[O-])cc1.Cc1ccc(C(=O)[O-])cc1.Cc1ccc(C(=O)[O-])cc1.Cc1ccc(C(=O)[O-])cc1.Cc1ccc(C(=O)[O-])cc1.Cc1ccc(C(=O)[O-])cc1.[Cd+2].[Cd+2].[Sm+3].[Sm+3].c1cnc2c(c1)ccc1cccnc12.c1cnc2c(c1)ccc1cccnc12. The maximum Gasteiger partial charge on any atom is 3.00 e. The molecule has 0 spiro atoms. The van der Waals surface area contributed by atoms with Crippen molar-refractivity contribution in [2.24, 2.45) is 0 Å². The van der Waals surface area contributed by atoms with Crippen LogP contribution in [-0.4, -0.2) is 79.6 Å². The molecule has 0 amide bonds. The van der Waals surface area contributed by atoms with Gasteiger partial charge in [0, 0.05) is 46.3 Å². The average Bonchev–Trinajstić information content (AvgIpc) is 0.800. The molecule has 132 heavy (non-hydrogen) atoms. The Balaban J connectivity index is 0.000000720. The van der Waals surface area contributed by atoms with Crippen LogP contribution in [0.4, 0.5) is 0 Å². The number of carbonyl (C=O) groups is 10. The molecule has 0 aliphatic heterocycles. The van der Waals surface area contributed by atoms with Gasteiger partial charge in [0.1, 0.15) is 0 Å². The number of carbonyl (C=O) groups excluding carboxylic acids is 10. The molecule has 4 heterocycles. The molecule has 0 unspecified atom stereocenters. The van der Waals surface area contributed by atoms with Gasteiger partial charge in [0.05, 0.1) is 81.8 Å². The summed E-state index contributed by atoms with van der Waals surface area (Å²) in [6, 6.07) is 89.7. The van der Waals surface area contributed by atoms with Crippen LogP contribution in [0.5, 0.6) is 0 Å². The van der Waals surface area contributed by atoms with Crippen molar-refractivity contribution < 1.29 is 234 Å². The summed E-state index contributed by atoms with van der Waals surface area (Å²) in [6.45, 7) is 19.0. The van der Waals surface area contributed by atoms with Gasteiger partial charge in [-0.3, -0.25) is 19.9 Å². The quantitative estimate of drug-likeness (QED) is 0.0909. The standard InChI is InChI=1S/2C12H8N2.10C8H8O2.2Cd.2Sm/c2*1-3-9-5-6-10-4-2-8-14-12(10)11(9)13-7-1;10*1-6-2-4-7(5-3-6)8(9)10;;;;/h2*1-8H;10*2-5H,1H3,(H,9,10);;;;/q;;;;;;;;;;;;2*+2;2*+3/p-10. The van der Waals surface area contributed by atoms with Gasteiger partial charge in [-0.05, 0) is 149 Å². The van der Waals surface area contributed by atoms with Gasteiger partial charge in [0.15, 0.2) is 0 Å². The molecule has 0 aliphatic rings. The predicted molar refractivity (Wildman–Crippen MR) is 469 cm³/mol. The Kier molecular flexibility index (Phi) is 55.8. The Morgan fingerprint density at radius 3 is 0.333 bits per heavy atom. The first-order valence-electron chi connectivity index (χ1n) is 38.9. The Morgan fingerprint density at radius 1 is 0.159 bits per heavy atom. The molecule has 28 heteroatoms. The molecule has 0 fully saturated rings. The summed E-state index contributed by atoms with van der Waals surface area (Å²) in [4.78, 5) is 119. The predicted octanol–water partition coefficient (Wildman–Crippen LogP) is 9.15. The number of hydrogen-bond donors (Lipinski definition) is 0. The molecule has 24 nitrogen and oxygen atoms in total. The molecule has 658 valence electrons. The number of carboxylic acids is 10. The fraction of sp³-hybridized carbons (Fsp3) is 0.0962. The minimum atomic E-state index is -1.12. The number of carboxylic acid groups (broad SMARTS) is 10. The van der Waals surface area contributed by atoms with Gasteiger partial charge in [0.2, 0.25) is 0 Å². The Morgan fingerprint density at radius 2 is 0.250 bits per heavy atom. The summed E-state index contributed by atoms with van der Waals surface area (Å²) >= 11 is 0. The summed E-state index contributed by atoms with van der Waals surface area (Å²) in [5, 5.41) is 107. The zero-order valence-corrected chi connectivity index (χ0v) is 86.8. The largest absolute Gasteiger partial charge is 3.00 e. The first-order chi connectivity index (χ1) is 60.9. The van der Waals surface area contributed by atoms with E-state index in [0.717, 1.165) is 99.2 Å². The third-order valence-electron chi connectivity index (χ3n) is 17.6. The first-order valence-corrected chi connectivity index (χ1v) is 38.9. The second-order valence-electron chi connectivity index (χ2n) is 28.0. The number of aromatic carboxylic acids is 10. The van der Waals surface area contributed by atoms with E-state index in [1.54, 1.807) is 146 Å². The number of benzene rings is 12. The van der Waals surface area contributed by atoms with Crippen molar-refractivity contribution >= 4 is 103 Å². The smallest absolute Gasteiger partial charge is 0.545 e. The van der Waals surface area contributed by atoms with Crippen LogP contribution in [-0.2, 0) is 54.6 Å². The van der Waals surface area contributed by atoms with Crippen molar-refractivity contribution in [3.8, 4) is 0 Å². The molecule has 0 saturated carbocycles. The van der Waals surface area contributed by atoms with Gasteiger partial charge in [-0.2, -0.15) is 0 Å². The molecular formula is C104H86Cd2N4O20Sm2. The number of nitrogens with zero attached hydrogens (tertiary/aromatic N) is 4. The maximum absolute atomic E-state index is 10.2. The van der Waals surface area contributed by atoms with Gasteiger partial charge in [-0.15, -0.1) is 0 Å². The monoisotopic (exact) mass is 2240 g/mol. The summed E-state index contributed by atoms with van der Waals surface area (Å²) in [6.07, 6.45) is 7.21. The Bertz CT molecular complexity index is 5200. The van der Waals surface area contributed by atoms with Gasteiger partial charge < -0.3 is 99.0 Å².